The minimum Gasteiger partial charge on any atom is -0.481 e. The minimum atomic E-state index is -2.10. The molecule has 5 heteroatoms. The zero-order chi connectivity index (χ0) is 12.5. The Hall–Kier alpha value is -1.49. The fourth-order valence-electron chi connectivity index (χ4n) is 1.44. The lowest BCUT2D eigenvalue weighted by molar-refractivity contribution is -0.150. The van der Waals surface area contributed by atoms with Gasteiger partial charge >= 0.3 is 5.97 Å². The van der Waals surface area contributed by atoms with E-state index in [1.165, 1.54) is 6.92 Å². The van der Waals surface area contributed by atoms with Gasteiger partial charge in [-0.15, -0.1) is 0 Å². The molecule has 0 heterocycles. The first kappa shape index (κ1) is 12.6. The third kappa shape index (κ3) is 2.04. The van der Waals surface area contributed by atoms with Crippen molar-refractivity contribution in [2.75, 3.05) is 0 Å². The number of benzene rings is 1. The Bertz CT molecular complexity index is 395. The Balaban J connectivity index is 3.31. The van der Waals surface area contributed by atoms with Crippen LogP contribution in [0.2, 0.25) is 0 Å². The van der Waals surface area contributed by atoms with Crippen LogP contribution in [0.3, 0.4) is 0 Å². The van der Waals surface area contributed by atoms with E-state index in [2.05, 4.69) is 0 Å². The van der Waals surface area contributed by atoms with Crippen molar-refractivity contribution in [3.05, 3.63) is 35.4 Å². The van der Waals surface area contributed by atoms with E-state index >= 15 is 0 Å². The van der Waals surface area contributed by atoms with Crippen molar-refractivity contribution in [1.82, 2.24) is 0 Å². The van der Waals surface area contributed by atoms with Crippen LogP contribution in [0.25, 0.3) is 0 Å². The van der Waals surface area contributed by atoms with Crippen LogP contribution in [-0.4, -0.2) is 16.2 Å². The van der Waals surface area contributed by atoms with Gasteiger partial charge in [-0.3, -0.25) is 4.79 Å². The summed E-state index contributed by atoms with van der Waals surface area (Å²) in [5, 5.41) is 18.7. The van der Waals surface area contributed by atoms with Gasteiger partial charge in [0.05, 0.1) is 11.5 Å². The number of carbonyl (C=O) groups is 1. The van der Waals surface area contributed by atoms with E-state index in [0.29, 0.717) is 0 Å². The molecule has 0 radical (unpaired) electrons. The Kier molecular flexibility index (Phi) is 3.28. The summed E-state index contributed by atoms with van der Waals surface area (Å²) in [6, 6.07) is 3.10. The summed E-state index contributed by atoms with van der Waals surface area (Å²) in [6.07, 6.45) is 0. The lowest BCUT2D eigenvalue weighted by atomic mass is 9.83. The van der Waals surface area contributed by atoms with Gasteiger partial charge in [-0.2, -0.15) is 0 Å². The standard InChI is InChI=1S/C11H12F2O3/c1-6(10(14)15)11(2,16)9-7(12)4-3-5-8(9)13/h3-6,16H,1-2H3,(H,14,15). The van der Waals surface area contributed by atoms with Crippen LogP contribution in [0.5, 0.6) is 0 Å². The predicted octanol–water partition coefficient (Wildman–Crippen LogP) is 1.89. The first-order valence-corrected chi connectivity index (χ1v) is 4.68. The van der Waals surface area contributed by atoms with E-state index in [1.54, 1.807) is 0 Å². The molecule has 2 atom stereocenters. The van der Waals surface area contributed by atoms with Gasteiger partial charge in [0, 0.05) is 0 Å². The number of hydrogen-bond donors (Lipinski definition) is 2. The number of carboxylic acid groups (broad SMARTS) is 1. The molecule has 88 valence electrons. The van der Waals surface area contributed by atoms with Gasteiger partial charge in [0.15, 0.2) is 0 Å². The van der Waals surface area contributed by atoms with Crippen molar-refractivity contribution in [1.29, 1.82) is 0 Å². The van der Waals surface area contributed by atoms with Crippen molar-refractivity contribution in [3.8, 4) is 0 Å². The average Bonchev–Trinajstić information content (AvgIpc) is 2.15. The smallest absolute Gasteiger partial charge is 0.309 e. The van der Waals surface area contributed by atoms with Crippen LogP contribution in [-0.2, 0) is 10.4 Å². The fraction of sp³-hybridized carbons (Fsp3) is 0.364. The van der Waals surface area contributed by atoms with Crippen molar-refractivity contribution in [3.63, 3.8) is 0 Å². The second-order valence-corrected chi connectivity index (χ2v) is 3.80. The highest BCUT2D eigenvalue weighted by molar-refractivity contribution is 5.71. The number of rotatable bonds is 3. The molecular weight excluding hydrogens is 218 g/mol. The van der Waals surface area contributed by atoms with Crippen LogP contribution < -0.4 is 0 Å². The van der Waals surface area contributed by atoms with Gasteiger partial charge in [0.2, 0.25) is 0 Å². The summed E-state index contributed by atoms with van der Waals surface area (Å²) in [5.41, 5.74) is -2.72. The Morgan fingerprint density at radius 1 is 1.38 bits per heavy atom. The van der Waals surface area contributed by atoms with Gasteiger partial charge in [-0.05, 0) is 26.0 Å². The monoisotopic (exact) mass is 230 g/mol. The van der Waals surface area contributed by atoms with Crippen molar-refractivity contribution < 1.29 is 23.8 Å². The molecule has 0 bridgehead atoms. The van der Waals surface area contributed by atoms with E-state index in [9.17, 15) is 18.7 Å². The second-order valence-electron chi connectivity index (χ2n) is 3.80. The van der Waals surface area contributed by atoms with E-state index in [4.69, 9.17) is 5.11 Å². The molecule has 0 saturated carbocycles. The zero-order valence-electron chi connectivity index (χ0n) is 8.87. The van der Waals surface area contributed by atoms with Crippen molar-refractivity contribution in [2.45, 2.75) is 19.4 Å². The van der Waals surface area contributed by atoms with Crippen LogP contribution in [0.1, 0.15) is 19.4 Å². The number of carboxylic acids is 1. The summed E-state index contributed by atoms with van der Waals surface area (Å²) in [7, 11) is 0. The van der Waals surface area contributed by atoms with Crippen LogP contribution in [0.4, 0.5) is 8.78 Å². The minimum absolute atomic E-state index is 0.620. The van der Waals surface area contributed by atoms with E-state index in [1.807, 2.05) is 0 Å². The van der Waals surface area contributed by atoms with Crippen molar-refractivity contribution >= 4 is 5.97 Å². The number of halogens is 2. The second kappa shape index (κ2) is 4.17. The van der Waals surface area contributed by atoms with Crippen molar-refractivity contribution in [2.24, 2.45) is 5.92 Å². The van der Waals surface area contributed by atoms with E-state index < -0.39 is 34.7 Å². The number of aliphatic hydroxyl groups is 1. The molecule has 1 rings (SSSR count). The molecular formula is C11H12F2O3. The first-order valence-electron chi connectivity index (χ1n) is 4.68. The molecule has 1 aromatic rings. The van der Waals surface area contributed by atoms with Gasteiger partial charge in [0.1, 0.15) is 17.2 Å². The van der Waals surface area contributed by atoms with Gasteiger partial charge in [-0.1, -0.05) is 6.07 Å². The molecule has 0 fully saturated rings. The van der Waals surface area contributed by atoms with E-state index in [-0.39, 0.29) is 0 Å². The summed E-state index contributed by atoms with van der Waals surface area (Å²) in [6.45, 7) is 2.27. The first-order chi connectivity index (χ1) is 7.28. The third-order valence-electron chi connectivity index (χ3n) is 2.68. The maximum atomic E-state index is 13.4. The van der Waals surface area contributed by atoms with Crippen LogP contribution in [0.15, 0.2) is 18.2 Å². The molecule has 0 aliphatic carbocycles. The molecule has 0 spiro atoms. The summed E-state index contributed by atoms with van der Waals surface area (Å²) >= 11 is 0. The van der Waals surface area contributed by atoms with Gasteiger partial charge < -0.3 is 10.2 Å². The molecule has 2 unspecified atom stereocenters. The Morgan fingerprint density at radius 3 is 2.19 bits per heavy atom. The highest BCUT2D eigenvalue weighted by atomic mass is 19.1. The molecule has 0 amide bonds. The fourth-order valence-corrected chi connectivity index (χ4v) is 1.44. The largest absolute Gasteiger partial charge is 0.481 e. The maximum absolute atomic E-state index is 13.4. The molecule has 0 aromatic heterocycles. The normalized spacial score (nSPS) is 16.6. The summed E-state index contributed by atoms with van der Waals surface area (Å²) in [4.78, 5) is 10.7. The summed E-state index contributed by atoms with van der Waals surface area (Å²) in [5.74, 6) is -4.57. The maximum Gasteiger partial charge on any atom is 0.309 e. The highest BCUT2D eigenvalue weighted by Crippen LogP contribution is 2.33. The van der Waals surface area contributed by atoms with Crippen LogP contribution >= 0.6 is 0 Å². The highest BCUT2D eigenvalue weighted by Gasteiger charge is 2.39. The molecule has 0 saturated heterocycles. The van der Waals surface area contributed by atoms with Crippen LogP contribution in [0, 0.1) is 17.6 Å². The van der Waals surface area contributed by atoms with Gasteiger partial charge in [-0.25, -0.2) is 8.78 Å². The number of aliphatic carboxylic acids is 1. The Labute approximate surface area is 91.3 Å². The molecule has 0 aliphatic rings. The molecule has 16 heavy (non-hydrogen) atoms. The zero-order valence-corrected chi connectivity index (χ0v) is 8.87. The molecule has 0 aliphatic heterocycles. The van der Waals surface area contributed by atoms with E-state index in [0.717, 1.165) is 25.1 Å². The molecule has 2 N–H and O–H groups in total. The lowest BCUT2D eigenvalue weighted by Gasteiger charge is -2.28. The SMILES string of the molecule is CC(C(=O)O)C(C)(O)c1c(F)cccc1F. The Morgan fingerprint density at radius 2 is 1.81 bits per heavy atom. The lowest BCUT2D eigenvalue weighted by Crippen LogP contribution is -2.36. The quantitative estimate of drug-likeness (QED) is 0.833. The number of hydrogen-bond acceptors (Lipinski definition) is 2. The topological polar surface area (TPSA) is 57.5 Å². The summed E-state index contributed by atoms with van der Waals surface area (Å²) < 4.78 is 26.8. The average molecular weight is 230 g/mol. The third-order valence-corrected chi connectivity index (χ3v) is 2.68. The molecule has 1 aromatic carbocycles. The van der Waals surface area contributed by atoms with Gasteiger partial charge in [0.25, 0.3) is 0 Å². The molecule has 3 nitrogen and oxygen atoms in total. The predicted molar refractivity (Wildman–Crippen MR) is 52.7 cm³/mol.